The van der Waals surface area contributed by atoms with Gasteiger partial charge in [0.05, 0.1) is 19.8 Å². The summed E-state index contributed by atoms with van der Waals surface area (Å²) >= 11 is 18.2. The fourth-order valence-electron chi connectivity index (χ4n) is 7.33. The van der Waals surface area contributed by atoms with Gasteiger partial charge in [-0.25, -0.2) is 4.79 Å². The summed E-state index contributed by atoms with van der Waals surface area (Å²) in [5.74, 6) is -2.43. The lowest BCUT2D eigenvalue weighted by Gasteiger charge is -2.47. The Kier molecular flexibility index (Phi) is 12.3. The monoisotopic (exact) mass is 832 g/mol. The maximum Gasteiger partial charge on any atom is 0.508 e. The molecule has 4 aromatic carbocycles. The molecular weight excluding hydrogens is 795 g/mol. The van der Waals surface area contributed by atoms with E-state index >= 15 is 0 Å². The summed E-state index contributed by atoms with van der Waals surface area (Å²) in [5.41, 5.74) is 6.06. The van der Waals surface area contributed by atoms with Crippen LogP contribution in [0.25, 0.3) is 11.1 Å². The van der Waals surface area contributed by atoms with Crippen LogP contribution in [0.4, 0.5) is 4.79 Å². The van der Waals surface area contributed by atoms with Gasteiger partial charge in [-0.3, -0.25) is 19.9 Å². The molecule has 11 nitrogen and oxygen atoms in total. The highest BCUT2D eigenvalue weighted by Crippen LogP contribution is 2.45. The van der Waals surface area contributed by atoms with Crippen molar-refractivity contribution in [3.63, 3.8) is 0 Å². The van der Waals surface area contributed by atoms with E-state index in [-0.39, 0.29) is 43.5 Å². The molecule has 0 spiro atoms. The van der Waals surface area contributed by atoms with Crippen LogP contribution >= 0.6 is 34.8 Å². The van der Waals surface area contributed by atoms with E-state index in [0.29, 0.717) is 0 Å². The summed E-state index contributed by atoms with van der Waals surface area (Å²) < 4.78 is 34.6. The highest BCUT2D eigenvalue weighted by molar-refractivity contribution is 6.76. The molecule has 2 heterocycles. The lowest BCUT2D eigenvalue weighted by atomic mass is 9.94. The zero-order valence-corrected chi connectivity index (χ0v) is 33.2. The van der Waals surface area contributed by atoms with E-state index in [9.17, 15) is 14.4 Å². The largest absolute Gasteiger partial charge is 0.508 e. The van der Waals surface area contributed by atoms with E-state index in [1.807, 2.05) is 109 Å². The van der Waals surface area contributed by atoms with Crippen molar-refractivity contribution in [1.29, 1.82) is 5.41 Å². The second kappa shape index (κ2) is 17.4. The number of carbonyl (C=O) groups is 3. The van der Waals surface area contributed by atoms with Crippen LogP contribution in [0.2, 0.25) is 0 Å². The number of hydrogen-bond donors (Lipinski definition) is 1. The first kappa shape index (κ1) is 40.4. The average molecular weight is 834 g/mol. The van der Waals surface area contributed by atoms with Crippen molar-refractivity contribution in [3.05, 3.63) is 143 Å². The minimum Gasteiger partial charge on any atom is -0.446 e. The van der Waals surface area contributed by atoms with Gasteiger partial charge in [0.2, 0.25) is 12.2 Å². The molecule has 2 amide bonds. The molecule has 0 aromatic heterocycles. The second-order valence-electron chi connectivity index (χ2n) is 13.8. The highest BCUT2D eigenvalue weighted by atomic mass is 35.6. The SMILES string of the molecule is CC1=C(C)C(=O)N(C2C(OC(=N)C(Cl)(Cl)Cl)OC(COCc3ccccc3)C(OC(=O)OCC3c4ccccc4-c4ccccc43)C2OCc2ccccc2)C1=O. The van der Waals surface area contributed by atoms with E-state index in [0.717, 1.165) is 38.3 Å². The highest BCUT2D eigenvalue weighted by Gasteiger charge is 2.57. The predicted molar refractivity (Wildman–Crippen MR) is 213 cm³/mol. The van der Waals surface area contributed by atoms with Crippen LogP contribution in [-0.2, 0) is 51.2 Å². The van der Waals surface area contributed by atoms with Crippen molar-refractivity contribution in [1.82, 2.24) is 4.90 Å². The topological polar surface area (TPSA) is 134 Å². The smallest absolute Gasteiger partial charge is 0.446 e. The van der Waals surface area contributed by atoms with Crippen LogP contribution in [0.1, 0.15) is 42.0 Å². The third-order valence-electron chi connectivity index (χ3n) is 10.3. The van der Waals surface area contributed by atoms with E-state index in [2.05, 4.69) is 0 Å². The molecule has 1 saturated heterocycles. The minimum absolute atomic E-state index is 0.0495. The Hall–Kier alpha value is -4.75. The quantitative estimate of drug-likeness (QED) is 0.0492. The Morgan fingerprint density at radius 3 is 1.81 bits per heavy atom. The number of halogens is 3. The Morgan fingerprint density at radius 1 is 0.719 bits per heavy atom. The van der Waals surface area contributed by atoms with Gasteiger partial charge in [-0.2, -0.15) is 0 Å². The minimum atomic E-state index is -2.34. The van der Waals surface area contributed by atoms with Gasteiger partial charge in [-0.05, 0) is 47.2 Å². The maximum atomic E-state index is 13.9. The predicted octanol–water partition coefficient (Wildman–Crippen LogP) is 8.29. The fourth-order valence-corrected chi connectivity index (χ4v) is 7.46. The summed E-state index contributed by atoms with van der Waals surface area (Å²) in [4.78, 5) is 42.6. The molecule has 0 saturated carbocycles. The molecule has 14 heteroatoms. The van der Waals surface area contributed by atoms with Crippen molar-refractivity contribution < 1.29 is 42.8 Å². The molecule has 1 aliphatic carbocycles. The van der Waals surface area contributed by atoms with Crippen molar-refractivity contribution in [3.8, 4) is 11.1 Å². The third-order valence-corrected chi connectivity index (χ3v) is 10.8. The number of imide groups is 1. The van der Waals surface area contributed by atoms with E-state index in [1.165, 1.54) is 13.8 Å². The number of carbonyl (C=O) groups excluding carboxylic acids is 3. The fraction of sp³-hybridized carbons (Fsp3) is 0.302. The lowest BCUT2D eigenvalue weighted by Crippen LogP contribution is -2.68. The molecule has 5 unspecified atom stereocenters. The molecule has 1 N–H and O–H groups in total. The van der Waals surface area contributed by atoms with Crippen LogP contribution in [0.3, 0.4) is 0 Å². The number of rotatable bonds is 12. The van der Waals surface area contributed by atoms with Gasteiger partial charge in [-0.15, -0.1) is 0 Å². The number of benzene rings is 4. The van der Waals surface area contributed by atoms with Crippen LogP contribution in [0.15, 0.2) is 120 Å². The zero-order chi connectivity index (χ0) is 40.3. The average Bonchev–Trinajstić information content (AvgIpc) is 3.63. The molecule has 57 heavy (non-hydrogen) atoms. The molecular formula is C43H39Cl3N2O9. The Morgan fingerprint density at radius 2 is 1.25 bits per heavy atom. The summed E-state index contributed by atoms with van der Waals surface area (Å²) in [7, 11) is 0. The molecule has 1 fully saturated rings. The molecule has 2 aliphatic heterocycles. The molecule has 296 valence electrons. The molecule has 5 atom stereocenters. The lowest BCUT2D eigenvalue weighted by molar-refractivity contribution is -0.276. The van der Waals surface area contributed by atoms with Gasteiger partial charge in [0, 0.05) is 17.1 Å². The summed E-state index contributed by atoms with van der Waals surface area (Å²) in [6, 6.07) is 32.9. The first-order valence-corrected chi connectivity index (χ1v) is 19.4. The standard InChI is InChI=1S/C43H39Cl3N2O9/c1-25-26(2)39(50)48(38(25)49)35-37(53-22-28-15-7-4-8-16-28)36(34(24-52-21-27-13-5-3-6-14-27)55-40(35)57-41(47)43(44,45)46)56-42(51)54-23-33-31-19-11-9-17-29(31)30-18-10-12-20-32(30)33/h3-20,33-37,40,47H,21-24H2,1-2H3. The van der Waals surface area contributed by atoms with E-state index in [1.54, 1.807) is 0 Å². The van der Waals surface area contributed by atoms with Crippen LogP contribution < -0.4 is 0 Å². The molecule has 4 aromatic rings. The molecule has 3 aliphatic rings. The first-order chi connectivity index (χ1) is 27.4. The number of ether oxygens (including phenoxy) is 6. The third kappa shape index (κ3) is 8.74. The Bertz CT molecular complexity index is 2090. The Balaban J connectivity index is 1.23. The number of nitrogens with one attached hydrogen (secondary N) is 1. The van der Waals surface area contributed by atoms with Gasteiger partial charge < -0.3 is 28.4 Å². The molecule has 0 radical (unpaired) electrons. The van der Waals surface area contributed by atoms with Gasteiger partial charge in [0.15, 0.2) is 6.10 Å². The summed E-state index contributed by atoms with van der Waals surface area (Å²) in [6.45, 7) is 2.88. The number of hydrogen-bond acceptors (Lipinski definition) is 10. The molecule has 7 rings (SSSR count). The van der Waals surface area contributed by atoms with Crippen LogP contribution in [-0.4, -0.2) is 76.4 Å². The zero-order valence-electron chi connectivity index (χ0n) is 30.9. The summed E-state index contributed by atoms with van der Waals surface area (Å²) in [5, 5.41) is 8.46. The Labute approximate surface area is 344 Å². The van der Waals surface area contributed by atoms with Gasteiger partial charge >= 0.3 is 6.16 Å². The van der Waals surface area contributed by atoms with Gasteiger partial charge in [0.1, 0.15) is 24.9 Å². The summed E-state index contributed by atoms with van der Waals surface area (Å²) in [6.07, 6.45) is -6.59. The normalized spacial score (nSPS) is 22.0. The maximum absolute atomic E-state index is 13.9. The van der Waals surface area contributed by atoms with Crippen molar-refractivity contribution >= 4 is 58.7 Å². The van der Waals surface area contributed by atoms with Crippen LogP contribution in [0, 0.1) is 5.41 Å². The van der Waals surface area contributed by atoms with Gasteiger partial charge in [-0.1, -0.05) is 144 Å². The van der Waals surface area contributed by atoms with Crippen molar-refractivity contribution in [2.45, 2.75) is 67.4 Å². The first-order valence-electron chi connectivity index (χ1n) is 18.2. The van der Waals surface area contributed by atoms with Crippen molar-refractivity contribution in [2.24, 2.45) is 0 Å². The molecule has 0 bridgehead atoms. The number of amides is 2. The van der Waals surface area contributed by atoms with E-state index in [4.69, 9.17) is 68.6 Å². The van der Waals surface area contributed by atoms with Gasteiger partial charge in [0.25, 0.3) is 15.6 Å². The number of nitrogens with zero attached hydrogens (tertiary/aromatic N) is 1. The number of alkyl halides is 3. The number of fused-ring (bicyclic) bond motifs is 3. The second-order valence-corrected chi connectivity index (χ2v) is 16.1. The van der Waals surface area contributed by atoms with Crippen molar-refractivity contribution in [2.75, 3.05) is 13.2 Å². The van der Waals surface area contributed by atoms with E-state index < -0.39 is 58.3 Å². The van der Waals surface area contributed by atoms with Crippen LogP contribution in [0.5, 0.6) is 0 Å².